The first-order valence-corrected chi connectivity index (χ1v) is 8.15. The number of sulfone groups is 1. The van der Waals surface area contributed by atoms with E-state index in [1.165, 1.54) is 6.07 Å². The van der Waals surface area contributed by atoms with Crippen LogP contribution in [-0.4, -0.2) is 38.1 Å². The second-order valence-electron chi connectivity index (χ2n) is 4.85. The molecule has 1 aromatic carbocycles. The van der Waals surface area contributed by atoms with Gasteiger partial charge in [-0.05, 0) is 19.4 Å². The third-order valence-electron chi connectivity index (χ3n) is 3.34. The van der Waals surface area contributed by atoms with E-state index in [1.54, 1.807) is 24.0 Å². The van der Waals surface area contributed by atoms with Gasteiger partial charge in [-0.2, -0.15) is 0 Å². The molecule has 1 saturated heterocycles. The topological polar surface area (TPSA) is 57.6 Å². The molecule has 0 bridgehead atoms. The molecule has 0 spiro atoms. The second kappa shape index (κ2) is 5.46. The Morgan fingerprint density at radius 2 is 2.05 bits per heavy atom. The molecule has 0 radical (unpaired) electrons. The zero-order chi connectivity index (χ0) is 14.0. The largest absolute Gasteiger partial charge is 0.389 e. The van der Waals surface area contributed by atoms with Gasteiger partial charge in [-0.15, -0.1) is 0 Å². The van der Waals surface area contributed by atoms with E-state index in [1.807, 2.05) is 0 Å². The van der Waals surface area contributed by atoms with Crippen LogP contribution in [0.15, 0.2) is 18.2 Å². The van der Waals surface area contributed by atoms with E-state index in [0.717, 1.165) is 0 Å². The van der Waals surface area contributed by atoms with Crippen molar-refractivity contribution in [1.29, 1.82) is 0 Å². The van der Waals surface area contributed by atoms with Gasteiger partial charge in [0.2, 0.25) is 0 Å². The third-order valence-corrected chi connectivity index (χ3v) is 5.06. The molecule has 1 atom stereocenters. The number of para-hydroxylation sites is 1. The van der Waals surface area contributed by atoms with Crippen molar-refractivity contribution >= 4 is 15.5 Å². The first-order valence-electron chi connectivity index (χ1n) is 6.32. The highest BCUT2D eigenvalue weighted by atomic mass is 32.2. The molecule has 1 heterocycles. The summed E-state index contributed by atoms with van der Waals surface area (Å²) < 4.78 is 37.2. The van der Waals surface area contributed by atoms with E-state index < -0.39 is 21.8 Å². The fourth-order valence-electron chi connectivity index (χ4n) is 2.36. The van der Waals surface area contributed by atoms with Crippen molar-refractivity contribution in [3.8, 4) is 0 Å². The lowest BCUT2D eigenvalue weighted by molar-refractivity contribution is 0.199. The van der Waals surface area contributed by atoms with Gasteiger partial charge >= 0.3 is 0 Å². The number of benzene rings is 1. The first kappa shape index (κ1) is 14.3. The van der Waals surface area contributed by atoms with Crippen LogP contribution < -0.4 is 4.90 Å². The molecule has 106 valence electrons. The van der Waals surface area contributed by atoms with E-state index >= 15 is 0 Å². The minimum absolute atomic E-state index is 0.0284. The average molecular weight is 287 g/mol. The highest BCUT2D eigenvalue weighted by Crippen LogP contribution is 2.30. The van der Waals surface area contributed by atoms with E-state index in [4.69, 9.17) is 0 Å². The van der Waals surface area contributed by atoms with Crippen LogP contribution in [0.5, 0.6) is 0 Å². The number of halogens is 1. The number of nitrogens with zero attached hydrogens (tertiary/aromatic N) is 1. The van der Waals surface area contributed by atoms with Gasteiger partial charge in [-0.1, -0.05) is 12.1 Å². The van der Waals surface area contributed by atoms with Crippen LogP contribution >= 0.6 is 0 Å². The summed E-state index contributed by atoms with van der Waals surface area (Å²) in [5, 5.41) is 9.72. The molecule has 1 aliphatic rings. The Labute approximate surface area is 112 Å². The van der Waals surface area contributed by atoms with Crippen molar-refractivity contribution in [3.63, 3.8) is 0 Å². The molecule has 1 N–H and O–H groups in total. The first-order chi connectivity index (χ1) is 8.91. The lowest BCUT2D eigenvalue weighted by Crippen LogP contribution is -2.29. The SMILES string of the molecule is C[C@@H](O)c1cccc(F)c1N1CCCS(=O)(=O)CC1. The Balaban J connectivity index is 2.36. The third kappa shape index (κ3) is 3.25. The number of anilines is 1. The predicted molar refractivity (Wildman–Crippen MR) is 72.5 cm³/mol. The maximum Gasteiger partial charge on any atom is 0.152 e. The quantitative estimate of drug-likeness (QED) is 0.895. The van der Waals surface area contributed by atoms with Crippen LogP contribution in [0.25, 0.3) is 0 Å². The molecule has 1 fully saturated rings. The number of hydrogen-bond acceptors (Lipinski definition) is 4. The van der Waals surface area contributed by atoms with Crippen molar-refractivity contribution in [2.24, 2.45) is 0 Å². The fraction of sp³-hybridized carbons (Fsp3) is 0.538. The number of aliphatic hydroxyl groups excluding tert-OH is 1. The number of aliphatic hydroxyl groups is 1. The second-order valence-corrected chi connectivity index (χ2v) is 7.15. The molecular formula is C13H18FNO3S. The van der Waals surface area contributed by atoms with E-state index in [9.17, 15) is 17.9 Å². The van der Waals surface area contributed by atoms with E-state index in [-0.39, 0.29) is 18.1 Å². The summed E-state index contributed by atoms with van der Waals surface area (Å²) in [6, 6.07) is 4.55. The monoisotopic (exact) mass is 287 g/mol. The minimum Gasteiger partial charge on any atom is -0.389 e. The molecule has 0 saturated carbocycles. The van der Waals surface area contributed by atoms with Crippen LogP contribution in [-0.2, 0) is 9.84 Å². The van der Waals surface area contributed by atoms with Gasteiger partial charge in [0.05, 0.1) is 23.3 Å². The Kier molecular flexibility index (Phi) is 4.10. The molecule has 4 nitrogen and oxygen atoms in total. The van der Waals surface area contributed by atoms with Crippen LogP contribution in [0.1, 0.15) is 25.0 Å². The summed E-state index contributed by atoms with van der Waals surface area (Å²) in [6.07, 6.45) is -0.304. The van der Waals surface area contributed by atoms with Crippen LogP contribution in [0.3, 0.4) is 0 Å². The van der Waals surface area contributed by atoms with Crippen molar-refractivity contribution < 1.29 is 17.9 Å². The average Bonchev–Trinajstić information content (AvgIpc) is 2.50. The van der Waals surface area contributed by atoms with Crippen molar-refractivity contribution in [3.05, 3.63) is 29.6 Å². The summed E-state index contributed by atoms with van der Waals surface area (Å²) in [5.74, 6) is -0.250. The Morgan fingerprint density at radius 3 is 2.74 bits per heavy atom. The normalized spacial score (nSPS) is 20.9. The Hall–Kier alpha value is -1.14. The molecule has 19 heavy (non-hydrogen) atoms. The predicted octanol–water partition coefficient (Wildman–Crippen LogP) is 1.50. The molecular weight excluding hydrogens is 269 g/mol. The van der Waals surface area contributed by atoms with Crippen molar-refractivity contribution in [1.82, 2.24) is 0 Å². The van der Waals surface area contributed by atoms with Gasteiger partial charge in [-0.3, -0.25) is 0 Å². The van der Waals surface area contributed by atoms with Crippen molar-refractivity contribution in [2.45, 2.75) is 19.4 Å². The standard InChI is InChI=1S/C13H18FNO3S/c1-10(16)11-4-2-5-12(14)13(11)15-6-3-8-19(17,18)9-7-15/h2,4-5,10,16H,3,6-9H2,1H3/t10-/m1/s1. The smallest absolute Gasteiger partial charge is 0.152 e. The Bertz CT molecular complexity index is 557. The molecule has 1 aromatic rings. The maximum absolute atomic E-state index is 14.0. The molecule has 1 aliphatic heterocycles. The highest BCUT2D eigenvalue weighted by molar-refractivity contribution is 7.91. The van der Waals surface area contributed by atoms with Gasteiger partial charge in [0.25, 0.3) is 0 Å². The Morgan fingerprint density at radius 1 is 1.32 bits per heavy atom. The van der Waals surface area contributed by atoms with Gasteiger partial charge in [-0.25, -0.2) is 12.8 Å². The summed E-state index contributed by atoms with van der Waals surface area (Å²) in [6.45, 7) is 2.33. The minimum atomic E-state index is -3.03. The van der Waals surface area contributed by atoms with Gasteiger partial charge in [0.1, 0.15) is 5.82 Å². The molecule has 0 aliphatic carbocycles. The summed E-state index contributed by atoms with van der Waals surface area (Å²) in [4.78, 5) is 1.72. The van der Waals surface area contributed by atoms with Crippen LogP contribution in [0.4, 0.5) is 10.1 Å². The maximum atomic E-state index is 14.0. The molecule has 0 unspecified atom stereocenters. The number of rotatable bonds is 2. The van der Waals surface area contributed by atoms with Gasteiger partial charge in [0.15, 0.2) is 9.84 Å². The zero-order valence-corrected chi connectivity index (χ0v) is 11.7. The summed E-state index contributed by atoms with van der Waals surface area (Å²) >= 11 is 0. The van der Waals surface area contributed by atoms with E-state index in [2.05, 4.69) is 0 Å². The number of hydrogen-bond donors (Lipinski definition) is 1. The van der Waals surface area contributed by atoms with Gasteiger partial charge in [0, 0.05) is 18.7 Å². The van der Waals surface area contributed by atoms with Gasteiger partial charge < -0.3 is 10.0 Å². The van der Waals surface area contributed by atoms with E-state index in [0.29, 0.717) is 24.2 Å². The van der Waals surface area contributed by atoms with Crippen LogP contribution in [0, 0.1) is 5.82 Å². The summed E-state index contributed by atoms with van der Waals surface area (Å²) in [7, 11) is -3.03. The van der Waals surface area contributed by atoms with Crippen molar-refractivity contribution in [2.75, 3.05) is 29.5 Å². The molecule has 6 heteroatoms. The zero-order valence-electron chi connectivity index (χ0n) is 10.8. The lowest BCUT2D eigenvalue weighted by atomic mass is 10.1. The lowest BCUT2D eigenvalue weighted by Gasteiger charge is -2.26. The fourth-order valence-corrected chi connectivity index (χ4v) is 3.64. The molecule has 0 amide bonds. The van der Waals surface area contributed by atoms with Crippen LogP contribution in [0.2, 0.25) is 0 Å². The molecule has 0 aromatic heterocycles. The summed E-state index contributed by atoms with van der Waals surface area (Å²) in [5.41, 5.74) is 0.828. The molecule has 2 rings (SSSR count). The highest BCUT2D eigenvalue weighted by Gasteiger charge is 2.24.